The number of phosphoric acid groups is 1. The van der Waals surface area contributed by atoms with Crippen LogP contribution < -0.4 is 63.4 Å². The lowest BCUT2D eigenvalue weighted by molar-refractivity contribution is -0.261. The minimum Gasteiger partial charge on any atom is -0.494 e. The second-order valence-corrected chi connectivity index (χ2v) is 37.6. The molecule has 0 amide bonds. The molecule has 0 bridgehead atoms. The van der Waals surface area contributed by atoms with Crippen LogP contribution >= 0.6 is 7.82 Å². The van der Waals surface area contributed by atoms with E-state index in [4.69, 9.17) is 56.0 Å². The molecule has 32 heteroatoms. The van der Waals surface area contributed by atoms with Crippen molar-refractivity contribution >= 4 is 111 Å². The Bertz CT molecular complexity index is 5560. The number of ether oxygens (including phenoxy) is 3. The molecule has 0 unspecified atom stereocenters. The van der Waals surface area contributed by atoms with Crippen LogP contribution in [0.25, 0.3) is 33.3 Å². The van der Waals surface area contributed by atoms with Crippen LogP contribution in [0.3, 0.4) is 0 Å². The van der Waals surface area contributed by atoms with Crippen molar-refractivity contribution in [2.24, 2.45) is 32.5 Å². The molecule has 0 atom stereocenters. The summed E-state index contributed by atoms with van der Waals surface area (Å²) in [4.78, 5) is 75.8. The minimum absolute atomic E-state index is 0.0173. The lowest BCUT2D eigenvalue weighted by Gasteiger charge is -2.59. The molecular formula is C87H105F3N15O13P. The summed E-state index contributed by atoms with van der Waals surface area (Å²) >= 11 is 0. The van der Waals surface area contributed by atoms with Crippen LogP contribution in [-0.2, 0) is 35.3 Å². The second-order valence-electron chi connectivity index (χ2n) is 36.2. The van der Waals surface area contributed by atoms with Crippen molar-refractivity contribution in [3.05, 3.63) is 192 Å². The first kappa shape index (κ1) is 86.8. The molecule has 632 valence electrons. The summed E-state index contributed by atoms with van der Waals surface area (Å²) in [6, 6.07) is 24.1. The van der Waals surface area contributed by atoms with E-state index >= 15 is 32.1 Å². The molecular weight excluding hydrogens is 1550 g/mol. The quantitative estimate of drug-likeness (QED) is 0.0306. The molecule has 119 heavy (non-hydrogen) atoms. The van der Waals surface area contributed by atoms with Gasteiger partial charge >= 0.3 is 25.1 Å². The Morgan fingerprint density at radius 3 is 0.790 bits per heavy atom. The largest absolute Gasteiger partial charge is 0.494 e. The highest BCUT2D eigenvalue weighted by Gasteiger charge is 2.69. The number of benzene rings is 6. The van der Waals surface area contributed by atoms with E-state index in [0.29, 0.717) is 85.0 Å². The molecule has 12 rings (SSSR count). The van der Waals surface area contributed by atoms with Crippen molar-refractivity contribution in [3.63, 3.8) is 0 Å². The summed E-state index contributed by atoms with van der Waals surface area (Å²) in [6.07, 6.45) is 4.80. The fraction of sp³-hybridized carbons (Fsp3) is 0.414. The van der Waals surface area contributed by atoms with E-state index < -0.39 is 92.2 Å². The van der Waals surface area contributed by atoms with Crippen LogP contribution in [0.1, 0.15) is 158 Å². The first-order valence-corrected chi connectivity index (χ1v) is 40.1. The SMILES string of the molecule is COc1cc(Nc2ncc(C)c(Nc3ccc4oc(=O)n(C(OP(=O)(OC(n5c(=O)oc6ccc(Nc7nc(Nc8cc(C)c(F)c(OC)c8)ncc7C)cc65)(C(C)(C)C)C(C)(C)C)OC(n5c(=O)oc6ccc(Nc7nc(Nc8cc(C)c(F)c(OC)c8)ncc7C)cc65)(C(C)(C)C)C(C)(C)C)(C(C)(C)C)C(C)(C)C)c4c3)n2)cc(C)c1F. The number of nitrogens with zero attached hydrogens (tertiary/aromatic N) is 9. The average molecular weight is 1660 g/mol. The number of rotatable bonds is 24. The molecule has 0 aliphatic heterocycles. The van der Waals surface area contributed by atoms with Crippen molar-refractivity contribution in [1.82, 2.24) is 43.6 Å². The zero-order chi connectivity index (χ0) is 87.4. The number of aromatic nitrogens is 9. The Kier molecular flexibility index (Phi) is 22.6. The zero-order valence-electron chi connectivity index (χ0n) is 72.3. The monoisotopic (exact) mass is 1660 g/mol. The number of hydrogen-bond donors (Lipinski definition) is 6. The highest BCUT2D eigenvalue weighted by molar-refractivity contribution is 7.48. The molecule has 0 aliphatic rings. The molecule has 0 aliphatic carbocycles. The van der Waals surface area contributed by atoms with Crippen LogP contribution in [0.2, 0.25) is 0 Å². The molecule has 6 heterocycles. The van der Waals surface area contributed by atoms with Gasteiger partial charge in [-0.3, -0.25) is 13.6 Å². The fourth-order valence-electron chi connectivity index (χ4n) is 16.6. The highest BCUT2D eigenvalue weighted by Crippen LogP contribution is 2.73. The Morgan fingerprint density at radius 2 is 0.571 bits per heavy atom. The van der Waals surface area contributed by atoms with E-state index in [1.807, 2.05) is 0 Å². The van der Waals surface area contributed by atoms with Gasteiger partial charge in [0.05, 0.1) is 37.9 Å². The van der Waals surface area contributed by atoms with Crippen molar-refractivity contribution < 1.29 is 58.8 Å². The summed E-state index contributed by atoms with van der Waals surface area (Å²) in [7, 11) is -1.93. The van der Waals surface area contributed by atoms with Crippen molar-refractivity contribution in [3.8, 4) is 17.2 Å². The van der Waals surface area contributed by atoms with Gasteiger partial charge in [0.1, 0.15) is 17.5 Å². The molecule has 6 aromatic heterocycles. The standard InChI is InChI=1S/C87H105F3N15O13P/c1-46-34-55(40-64(110-25)67(46)88)97-73-91-43-49(4)70(100-73)94-52-28-31-61-58(37-52)103(76(106)113-61)85(79(7,8)9,80(10,11)12)116-119(109,117-86(81(13,14)15,82(16,17)18)104-59-38-53(29-32-62(59)114-77(104)107)95-71-50(5)44-92-74(101-71)98-56-35-47(2)68(89)65(41-56)111-26)118-87(83(19,20)21,84(22,23)24)105-60-39-54(30-33-63(60)115-78(105)108)96-72-51(6)45-93-75(102-72)99-57-36-48(3)69(90)66(42-57)112-27/h28-45H,1-27H3,(H2,91,94,97,100)(H2,92,95,98,101)(H2,93,96,99,102). The van der Waals surface area contributed by atoms with Gasteiger partial charge in [-0.05, 0) is 131 Å². The topological polar surface area (TPSA) is 327 Å². The molecule has 0 saturated carbocycles. The van der Waals surface area contributed by atoms with Gasteiger partial charge in [-0.1, -0.05) is 125 Å². The van der Waals surface area contributed by atoms with Gasteiger partial charge < -0.3 is 59.4 Å². The van der Waals surface area contributed by atoms with Gasteiger partial charge in [-0.2, -0.15) is 15.0 Å². The van der Waals surface area contributed by atoms with E-state index in [9.17, 15) is 0 Å². The van der Waals surface area contributed by atoms with Gasteiger partial charge in [-0.25, -0.2) is 60.8 Å². The maximum Gasteiger partial charge on any atom is 0.481 e. The third-order valence-corrected chi connectivity index (χ3v) is 22.8. The van der Waals surface area contributed by atoms with Gasteiger partial charge in [0.2, 0.25) is 17.8 Å². The molecule has 0 saturated heterocycles. The Hall–Kier alpha value is -11.5. The number of anilines is 12. The number of hydrogen-bond acceptors (Lipinski definition) is 25. The minimum atomic E-state index is -6.05. The molecule has 28 nitrogen and oxygen atoms in total. The lowest BCUT2D eigenvalue weighted by atomic mass is 9.68. The van der Waals surface area contributed by atoms with Crippen molar-refractivity contribution in [2.75, 3.05) is 53.2 Å². The second kappa shape index (κ2) is 31.0. The smallest absolute Gasteiger partial charge is 0.481 e. The van der Waals surface area contributed by atoms with Crippen molar-refractivity contribution in [2.45, 2.75) is 183 Å². The van der Waals surface area contributed by atoms with E-state index in [-0.39, 0.29) is 68.4 Å². The predicted molar refractivity (Wildman–Crippen MR) is 456 cm³/mol. The molecule has 6 aromatic carbocycles. The Balaban J connectivity index is 1.08. The van der Waals surface area contributed by atoms with Gasteiger partial charge in [0, 0.05) is 120 Å². The predicted octanol–water partition coefficient (Wildman–Crippen LogP) is 21.3. The van der Waals surface area contributed by atoms with E-state index in [1.54, 1.807) is 258 Å². The number of fused-ring (bicyclic) bond motifs is 3. The maximum atomic E-state index is 19.2. The third kappa shape index (κ3) is 15.9. The number of methoxy groups -OCH3 is 3. The first-order valence-electron chi connectivity index (χ1n) is 38.7. The van der Waals surface area contributed by atoms with Gasteiger partial charge in [0.25, 0.3) is 0 Å². The number of phosphoric ester groups is 1. The van der Waals surface area contributed by atoms with Crippen LogP contribution in [0.5, 0.6) is 17.2 Å². The van der Waals surface area contributed by atoms with Gasteiger partial charge in [0.15, 0.2) is 68.6 Å². The molecule has 0 fully saturated rings. The number of oxazole rings is 3. The summed E-state index contributed by atoms with van der Waals surface area (Å²) in [5.41, 5.74) is -9.65. The van der Waals surface area contributed by atoms with E-state index in [2.05, 4.69) is 46.9 Å². The van der Waals surface area contributed by atoms with Crippen LogP contribution in [0.4, 0.5) is 82.6 Å². The van der Waals surface area contributed by atoms with Crippen molar-refractivity contribution in [1.29, 1.82) is 0 Å². The summed E-state index contributed by atoms with van der Waals surface area (Å²) in [6.45, 7) is 42.7. The van der Waals surface area contributed by atoms with Crippen LogP contribution in [0, 0.1) is 91.5 Å². The normalized spacial score (nSPS) is 13.0. The number of halogens is 3. The summed E-state index contributed by atoms with van der Waals surface area (Å²) in [5, 5.41) is 19.7. The maximum absolute atomic E-state index is 19.2. The fourth-order valence-corrected chi connectivity index (χ4v) is 19.6. The van der Waals surface area contributed by atoms with Gasteiger partial charge in [-0.15, -0.1) is 0 Å². The molecule has 12 aromatic rings. The number of aryl methyl sites for hydroxylation is 6. The Morgan fingerprint density at radius 1 is 0.336 bits per heavy atom. The molecule has 6 N–H and O–H groups in total. The van der Waals surface area contributed by atoms with E-state index in [0.717, 1.165) is 0 Å². The summed E-state index contributed by atoms with van der Waals surface area (Å²) < 4.78 is 127. The zero-order valence-corrected chi connectivity index (χ0v) is 73.2. The van der Waals surface area contributed by atoms with Crippen LogP contribution in [-0.4, -0.2) is 64.9 Å². The lowest BCUT2D eigenvalue weighted by Crippen LogP contribution is -2.63. The molecule has 0 radical (unpaired) electrons. The summed E-state index contributed by atoms with van der Waals surface area (Å²) in [5.74, 6) is -2.95. The number of nitrogens with one attached hydrogen (secondary N) is 6. The van der Waals surface area contributed by atoms with Crippen LogP contribution in [0.15, 0.2) is 137 Å². The molecule has 0 spiro atoms. The Labute approximate surface area is 688 Å². The first-order chi connectivity index (χ1) is 55.3. The van der Waals surface area contributed by atoms with E-state index in [1.165, 1.54) is 53.2 Å². The highest BCUT2D eigenvalue weighted by atomic mass is 31.2. The average Bonchev–Trinajstić information content (AvgIpc) is 1.67. The third-order valence-electron chi connectivity index (χ3n) is 21.3.